The molecule has 2 N–H and O–H groups in total. The Morgan fingerprint density at radius 2 is 1.89 bits per heavy atom. The summed E-state index contributed by atoms with van der Waals surface area (Å²) in [6.07, 6.45) is -2.94. The number of nitrogens with zero attached hydrogens (tertiary/aromatic N) is 3. The molecule has 11 heteroatoms. The number of aliphatic hydroxyl groups excluding tert-OH is 1. The Morgan fingerprint density at radius 1 is 1.11 bits per heavy atom. The predicted molar refractivity (Wildman–Crippen MR) is 147 cm³/mol. The molecule has 0 spiro atoms. The normalized spacial score (nSPS) is 12.4. The Balaban J connectivity index is 1.57. The van der Waals surface area contributed by atoms with Gasteiger partial charge in [-0.2, -0.15) is 13.2 Å². The van der Waals surface area contributed by atoms with Crippen molar-refractivity contribution < 1.29 is 23.1 Å². The van der Waals surface area contributed by atoms with Gasteiger partial charge in [-0.3, -0.25) is 4.79 Å². The first kappa shape index (κ1) is 26.1. The van der Waals surface area contributed by atoms with Crippen LogP contribution < -0.4 is 10.5 Å². The summed E-state index contributed by atoms with van der Waals surface area (Å²) in [4.78, 5) is 22.8. The van der Waals surface area contributed by atoms with Crippen LogP contribution in [-0.4, -0.2) is 33.6 Å². The van der Waals surface area contributed by atoms with E-state index in [9.17, 15) is 23.1 Å². The number of aliphatic hydroxyl groups is 1. The zero-order chi connectivity index (χ0) is 27.2. The summed E-state index contributed by atoms with van der Waals surface area (Å²) >= 11 is 1.27. The highest BCUT2D eigenvalue weighted by Crippen LogP contribution is 2.31. The van der Waals surface area contributed by atoms with E-state index < -0.39 is 25.7 Å². The monoisotopic (exact) mass is 554 g/mol. The third kappa shape index (κ3) is 5.22. The van der Waals surface area contributed by atoms with Crippen molar-refractivity contribution in [2.45, 2.75) is 39.0 Å². The van der Waals surface area contributed by atoms with E-state index in [-0.39, 0.29) is 13.2 Å². The molecule has 5 rings (SSSR count). The van der Waals surface area contributed by atoms with Crippen molar-refractivity contribution >= 4 is 57.4 Å². The Morgan fingerprint density at radius 3 is 2.61 bits per heavy atom. The van der Waals surface area contributed by atoms with E-state index in [0.29, 0.717) is 32.3 Å². The van der Waals surface area contributed by atoms with E-state index in [0.717, 1.165) is 23.0 Å². The first-order valence-electron chi connectivity index (χ1n) is 11.9. The molecule has 0 aliphatic rings. The quantitative estimate of drug-likeness (QED) is 0.252. The number of anilines is 1. The molecule has 0 unspecified atom stereocenters. The van der Waals surface area contributed by atoms with Crippen LogP contribution in [0.4, 0.5) is 18.9 Å². The number of thiazole rings is 1. The lowest BCUT2D eigenvalue weighted by atomic mass is 10.1. The third-order valence-electron chi connectivity index (χ3n) is 6.28. The molecule has 0 fully saturated rings. The third-order valence-corrected chi connectivity index (χ3v) is 9.29. The van der Waals surface area contributed by atoms with Crippen molar-refractivity contribution in [2.24, 2.45) is 0 Å². The van der Waals surface area contributed by atoms with Gasteiger partial charge in [-0.1, -0.05) is 60.4 Å². The molecule has 3 heterocycles. The van der Waals surface area contributed by atoms with Crippen LogP contribution >= 0.6 is 11.3 Å². The molecular weight excluding hydrogens is 529 g/mol. The number of alkyl halides is 3. The Bertz CT molecular complexity index is 1670. The second kappa shape index (κ2) is 9.64. The lowest BCUT2D eigenvalue weighted by molar-refractivity contribution is -0.137. The maximum absolute atomic E-state index is 13.5. The molecule has 0 atom stereocenters. The van der Waals surface area contributed by atoms with Gasteiger partial charge in [0.15, 0.2) is 0 Å². The number of rotatable bonds is 6. The minimum absolute atomic E-state index is 0.0918. The molecule has 6 nitrogen and oxygen atoms in total. The fourth-order valence-corrected chi connectivity index (χ4v) is 6.21. The summed E-state index contributed by atoms with van der Waals surface area (Å²) in [5, 5.41) is 14.7. The lowest BCUT2D eigenvalue weighted by Crippen LogP contribution is -2.37. The number of carbonyl (C=O) groups excluding carboxylic acids is 1. The highest BCUT2D eigenvalue weighted by molar-refractivity contribution is 7.18. The molecule has 0 aliphatic carbocycles. The smallest absolute Gasteiger partial charge is 0.389 e. The number of benzene rings is 2. The van der Waals surface area contributed by atoms with Crippen LogP contribution in [-0.2, 0) is 19.3 Å². The van der Waals surface area contributed by atoms with Crippen LogP contribution in [0.2, 0.25) is 19.6 Å². The topological polar surface area (TPSA) is 80.0 Å². The average Bonchev–Trinajstić information content (AvgIpc) is 3.44. The summed E-state index contributed by atoms with van der Waals surface area (Å²) < 4.78 is 41.9. The van der Waals surface area contributed by atoms with Crippen molar-refractivity contribution in [2.75, 3.05) is 5.32 Å². The van der Waals surface area contributed by atoms with Gasteiger partial charge in [0.1, 0.15) is 21.0 Å². The largest absolute Gasteiger partial charge is 0.416 e. The molecule has 0 aliphatic heterocycles. The van der Waals surface area contributed by atoms with E-state index in [1.54, 1.807) is 22.8 Å². The van der Waals surface area contributed by atoms with Gasteiger partial charge in [-0.15, -0.1) is 0 Å². The van der Waals surface area contributed by atoms with Crippen molar-refractivity contribution in [3.8, 4) is 0 Å². The molecular formula is C27H25F3N4O2SSi. The predicted octanol–water partition coefficient (Wildman–Crippen LogP) is 6.00. The molecule has 1 amide bonds. The highest BCUT2D eigenvalue weighted by Gasteiger charge is 2.30. The number of pyridine rings is 1. The number of halogens is 3. The first-order chi connectivity index (χ1) is 17.9. The standard InChI is InChI=1S/C27H25F3N4O2SSi/c1-38(2,3)20-8-7-17-10-23(25(36)32-19-11-21-26(31-13-19)37-24(15-35)33-21)34(22(17)12-20)14-16-5-4-6-18(9-16)27(28,29)30/h4-13,35H,14-15H2,1-3H3,(H,32,36). The molecule has 3 aromatic heterocycles. The van der Waals surface area contributed by atoms with Gasteiger partial charge in [-0.05, 0) is 35.9 Å². The minimum atomic E-state index is -4.46. The first-order valence-corrected chi connectivity index (χ1v) is 16.2. The van der Waals surface area contributed by atoms with E-state index >= 15 is 0 Å². The molecule has 0 saturated heterocycles. The van der Waals surface area contributed by atoms with Crippen molar-refractivity contribution in [3.05, 3.63) is 82.6 Å². The Hall–Kier alpha value is -3.54. The number of hydrogen-bond acceptors (Lipinski definition) is 5. The van der Waals surface area contributed by atoms with E-state index in [2.05, 4.69) is 41.0 Å². The minimum Gasteiger partial charge on any atom is -0.389 e. The number of carbonyl (C=O) groups is 1. The van der Waals surface area contributed by atoms with Gasteiger partial charge in [-0.25, -0.2) is 9.97 Å². The molecule has 5 aromatic rings. The number of fused-ring (bicyclic) bond motifs is 2. The number of aromatic nitrogens is 3. The van der Waals surface area contributed by atoms with E-state index in [1.807, 2.05) is 12.1 Å². The number of amides is 1. The summed E-state index contributed by atoms with van der Waals surface area (Å²) in [6, 6.07) is 14.7. The second-order valence-electron chi connectivity index (χ2n) is 10.1. The van der Waals surface area contributed by atoms with Gasteiger partial charge in [0.05, 0.1) is 32.1 Å². The van der Waals surface area contributed by atoms with E-state index in [1.165, 1.54) is 28.8 Å². The van der Waals surface area contributed by atoms with Crippen molar-refractivity contribution in [1.29, 1.82) is 0 Å². The molecule has 2 aromatic carbocycles. The maximum Gasteiger partial charge on any atom is 0.416 e. The molecule has 0 saturated carbocycles. The van der Waals surface area contributed by atoms with Crippen LogP contribution in [0.3, 0.4) is 0 Å². The van der Waals surface area contributed by atoms with Gasteiger partial charge >= 0.3 is 6.18 Å². The van der Waals surface area contributed by atoms with Crippen LogP contribution in [0.1, 0.15) is 26.6 Å². The molecule has 0 radical (unpaired) electrons. The molecule has 196 valence electrons. The van der Waals surface area contributed by atoms with Gasteiger partial charge in [0.2, 0.25) is 0 Å². The van der Waals surface area contributed by atoms with Crippen LogP contribution in [0.25, 0.3) is 21.3 Å². The average molecular weight is 555 g/mol. The fourth-order valence-electron chi connectivity index (χ4n) is 4.31. The summed E-state index contributed by atoms with van der Waals surface area (Å²) in [7, 11) is -1.70. The van der Waals surface area contributed by atoms with Crippen molar-refractivity contribution in [1.82, 2.24) is 14.5 Å². The summed E-state index contributed by atoms with van der Waals surface area (Å²) in [6.45, 7) is 6.54. The molecule has 38 heavy (non-hydrogen) atoms. The maximum atomic E-state index is 13.5. The molecule has 0 bridgehead atoms. The zero-order valence-corrected chi connectivity index (χ0v) is 22.7. The van der Waals surface area contributed by atoms with Crippen LogP contribution in [0.5, 0.6) is 0 Å². The van der Waals surface area contributed by atoms with Gasteiger partial charge in [0.25, 0.3) is 5.91 Å². The van der Waals surface area contributed by atoms with Crippen LogP contribution in [0, 0.1) is 0 Å². The van der Waals surface area contributed by atoms with Crippen LogP contribution in [0.15, 0.2) is 60.8 Å². The zero-order valence-electron chi connectivity index (χ0n) is 20.9. The SMILES string of the molecule is C[Si](C)(C)c1ccc2cc(C(=O)Nc3cnc4sc(CO)nc4c3)n(Cc3cccc(C(F)(F)F)c3)c2c1. The van der Waals surface area contributed by atoms with Gasteiger partial charge in [0, 0.05) is 17.4 Å². The summed E-state index contributed by atoms with van der Waals surface area (Å²) in [5.41, 5.74) is 1.79. The Labute approximate surface area is 221 Å². The number of nitrogens with one attached hydrogen (secondary N) is 1. The fraction of sp³-hybridized carbons (Fsp3) is 0.222. The number of hydrogen-bond donors (Lipinski definition) is 2. The second-order valence-corrected chi connectivity index (χ2v) is 16.2. The van der Waals surface area contributed by atoms with E-state index in [4.69, 9.17) is 0 Å². The highest BCUT2D eigenvalue weighted by atomic mass is 32.1. The summed E-state index contributed by atoms with van der Waals surface area (Å²) in [5.74, 6) is -0.415. The Kier molecular flexibility index (Phi) is 6.62. The lowest BCUT2D eigenvalue weighted by Gasteiger charge is -2.18. The van der Waals surface area contributed by atoms with Crippen molar-refractivity contribution in [3.63, 3.8) is 0 Å². The van der Waals surface area contributed by atoms with Gasteiger partial charge < -0.3 is 15.0 Å².